The monoisotopic (exact) mass is 278 g/mol. The van der Waals surface area contributed by atoms with Crippen molar-refractivity contribution in [3.05, 3.63) is 17.5 Å². The molecular weight excluding hydrogens is 252 g/mol. The average molecular weight is 278 g/mol. The van der Waals surface area contributed by atoms with E-state index in [4.69, 9.17) is 0 Å². The van der Waals surface area contributed by atoms with Gasteiger partial charge in [-0.25, -0.2) is 0 Å². The summed E-state index contributed by atoms with van der Waals surface area (Å²) in [6.07, 6.45) is 6.65. The summed E-state index contributed by atoms with van der Waals surface area (Å²) in [5, 5.41) is 7.55. The SMILES string of the molecule is Cc1c(CNC(C)C(=O)N2CCCCCC2)cnn1C. The van der Waals surface area contributed by atoms with Crippen LogP contribution in [0.25, 0.3) is 0 Å². The van der Waals surface area contributed by atoms with Gasteiger partial charge in [-0.05, 0) is 26.7 Å². The van der Waals surface area contributed by atoms with Crippen molar-refractivity contribution in [1.29, 1.82) is 0 Å². The van der Waals surface area contributed by atoms with Crippen LogP contribution in [0.2, 0.25) is 0 Å². The van der Waals surface area contributed by atoms with E-state index in [9.17, 15) is 4.79 Å². The van der Waals surface area contributed by atoms with E-state index in [1.807, 2.05) is 36.7 Å². The molecule has 1 amide bonds. The van der Waals surface area contributed by atoms with Gasteiger partial charge in [0.15, 0.2) is 0 Å². The molecule has 1 fully saturated rings. The van der Waals surface area contributed by atoms with Crippen LogP contribution in [0.4, 0.5) is 0 Å². The Hall–Kier alpha value is -1.36. The van der Waals surface area contributed by atoms with Gasteiger partial charge < -0.3 is 10.2 Å². The lowest BCUT2D eigenvalue weighted by atomic mass is 10.2. The number of amides is 1. The first-order valence-electron chi connectivity index (χ1n) is 7.59. The van der Waals surface area contributed by atoms with Crippen LogP contribution in [-0.2, 0) is 18.4 Å². The Balaban J connectivity index is 1.85. The quantitative estimate of drug-likeness (QED) is 0.910. The molecule has 0 bridgehead atoms. The molecule has 1 aliphatic heterocycles. The number of likely N-dealkylation sites (tertiary alicyclic amines) is 1. The normalized spacial score (nSPS) is 17.9. The lowest BCUT2D eigenvalue weighted by molar-refractivity contribution is -0.133. The highest BCUT2D eigenvalue weighted by Crippen LogP contribution is 2.11. The zero-order chi connectivity index (χ0) is 14.5. The second kappa shape index (κ2) is 6.88. The summed E-state index contributed by atoms with van der Waals surface area (Å²) in [6.45, 7) is 6.53. The van der Waals surface area contributed by atoms with Crippen molar-refractivity contribution in [2.24, 2.45) is 7.05 Å². The number of nitrogens with zero attached hydrogens (tertiary/aromatic N) is 3. The Morgan fingerprint density at radius 1 is 1.35 bits per heavy atom. The molecule has 0 spiro atoms. The molecule has 1 N–H and O–H groups in total. The topological polar surface area (TPSA) is 50.2 Å². The molecular formula is C15H26N4O. The summed E-state index contributed by atoms with van der Waals surface area (Å²) in [6, 6.07) is -0.132. The van der Waals surface area contributed by atoms with Crippen LogP contribution in [0, 0.1) is 6.92 Å². The zero-order valence-electron chi connectivity index (χ0n) is 12.9. The van der Waals surface area contributed by atoms with Gasteiger partial charge in [0.05, 0.1) is 12.2 Å². The van der Waals surface area contributed by atoms with E-state index in [0.29, 0.717) is 6.54 Å². The largest absolute Gasteiger partial charge is 0.341 e. The fourth-order valence-electron chi connectivity index (χ4n) is 2.63. The molecule has 112 valence electrons. The fraction of sp³-hybridized carbons (Fsp3) is 0.733. The standard InChI is InChI=1S/C15H26N4O/c1-12(15(20)19-8-6-4-5-7-9-19)16-10-14-11-17-18(3)13(14)2/h11-12,16H,4-10H2,1-3H3. The van der Waals surface area contributed by atoms with Gasteiger partial charge in [0, 0.05) is 37.9 Å². The Bertz CT molecular complexity index is 447. The minimum Gasteiger partial charge on any atom is -0.341 e. The van der Waals surface area contributed by atoms with Crippen LogP contribution in [-0.4, -0.2) is 39.7 Å². The van der Waals surface area contributed by atoms with Crippen LogP contribution >= 0.6 is 0 Å². The molecule has 0 aromatic carbocycles. The maximum Gasteiger partial charge on any atom is 0.239 e. The van der Waals surface area contributed by atoms with Crippen LogP contribution < -0.4 is 5.32 Å². The molecule has 5 nitrogen and oxygen atoms in total. The van der Waals surface area contributed by atoms with Gasteiger partial charge in [-0.1, -0.05) is 12.8 Å². The molecule has 2 heterocycles. The smallest absolute Gasteiger partial charge is 0.239 e. The highest BCUT2D eigenvalue weighted by Gasteiger charge is 2.21. The summed E-state index contributed by atoms with van der Waals surface area (Å²) >= 11 is 0. The second-order valence-corrected chi connectivity index (χ2v) is 5.72. The van der Waals surface area contributed by atoms with Crippen molar-refractivity contribution >= 4 is 5.91 Å². The third kappa shape index (κ3) is 3.60. The van der Waals surface area contributed by atoms with E-state index in [1.54, 1.807) is 0 Å². The number of aromatic nitrogens is 2. The Labute approximate surface area is 121 Å². The minimum absolute atomic E-state index is 0.132. The van der Waals surface area contributed by atoms with Gasteiger partial charge in [-0.2, -0.15) is 5.10 Å². The first-order valence-corrected chi connectivity index (χ1v) is 7.59. The van der Waals surface area contributed by atoms with Crippen molar-refractivity contribution in [3.63, 3.8) is 0 Å². The van der Waals surface area contributed by atoms with Crippen molar-refractivity contribution < 1.29 is 4.79 Å². The lowest BCUT2D eigenvalue weighted by Gasteiger charge is -2.24. The number of nitrogens with one attached hydrogen (secondary N) is 1. The van der Waals surface area contributed by atoms with E-state index in [2.05, 4.69) is 10.4 Å². The molecule has 1 aromatic heterocycles. The molecule has 0 aliphatic carbocycles. The van der Waals surface area contributed by atoms with Crippen LogP contribution in [0.5, 0.6) is 0 Å². The Kier molecular flexibility index (Phi) is 5.17. The number of carbonyl (C=O) groups is 1. The number of hydrogen-bond donors (Lipinski definition) is 1. The molecule has 5 heteroatoms. The molecule has 0 saturated carbocycles. The van der Waals surface area contributed by atoms with E-state index < -0.39 is 0 Å². The van der Waals surface area contributed by atoms with Gasteiger partial charge in [-0.3, -0.25) is 9.48 Å². The van der Waals surface area contributed by atoms with Crippen LogP contribution in [0.3, 0.4) is 0 Å². The van der Waals surface area contributed by atoms with E-state index >= 15 is 0 Å². The summed E-state index contributed by atoms with van der Waals surface area (Å²) < 4.78 is 1.86. The first kappa shape index (κ1) is 15.0. The van der Waals surface area contributed by atoms with E-state index in [0.717, 1.165) is 37.2 Å². The Morgan fingerprint density at radius 2 is 2.00 bits per heavy atom. The zero-order valence-corrected chi connectivity index (χ0v) is 12.9. The fourth-order valence-corrected chi connectivity index (χ4v) is 2.63. The molecule has 1 unspecified atom stereocenters. The summed E-state index contributed by atoms with van der Waals surface area (Å²) in [5.41, 5.74) is 2.30. The van der Waals surface area contributed by atoms with Crippen LogP contribution in [0.1, 0.15) is 43.9 Å². The van der Waals surface area contributed by atoms with Crippen molar-refractivity contribution in [1.82, 2.24) is 20.0 Å². The third-order valence-electron chi connectivity index (χ3n) is 4.22. The summed E-state index contributed by atoms with van der Waals surface area (Å²) in [7, 11) is 1.94. The van der Waals surface area contributed by atoms with Gasteiger partial charge in [-0.15, -0.1) is 0 Å². The van der Waals surface area contributed by atoms with E-state index in [-0.39, 0.29) is 11.9 Å². The van der Waals surface area contributed by atoms with Gasteiger partial charge >= 0.3 is 0 Å². The molecule has 2 rings (SSSR count). The average Bonchev–Trinajstić information content (AvgIpc) is 2.67. The number of aryl methyl sites for hydroxylation is 1. The highest BCUT2D eigenvalue weighted by molar-refractivity contribution is 5.81. The molecule has 0 radical (unpaired) electrons. The summed E-state index contributed by atoms with van der Waals surface area (Å²) in [5.74, 6) is 0.230. The molecule has 1 aromatic rings. The van der Waals surface area contributed by atoms with Crippen molar-refractivity contribution in [3.8, 4) is 0 Å². The maximum atomic E-state index is 12.4. The third-order valence-corrected chi connectivity index (χ3v) is 4.22. The summed E-state index contributed by atoms with van der Waals surface area (Å²) in [4.78, 5) is 14.4. The highest BCUT2D eigenvalue weighted by atomic mass is 16.2. The number of carbonyl (C=O) groups excluding carboxylic acids is 1. The van der Waals surface area contributed by atoms with Gasteiger partial charge in [0.1, 0.15) is 0 Å². The minimum atomic E-state index is -0.132. The molecule has 1 aliphatic rings. The molecule has 20 heavy (non-hydrogen) atoms. The number of hydrogen-bond acceptors (Lipinski definition) is 3. The van der Waals surface area contributed by atoms with Crippen LogP contribution in [0.15, 0.2) is 6.20 Å². The van der Waals surface area contributed by atoms with Gasteiger partial charge in [0.25, 0.3) is 0 Å². The molecule has 1 saturated heterocycles. The Morgan fingerprint density at radius 3 is 2.55 bits per heavy atom. The predicted molar refractivity (Wildman–Crippen MR) is 79.3 cm³/mol. The number of rotatable bonds is 4. The maximum absolute atomic E-state index is 12.4. The van der Waals surface area contributed by atoms with Gasteiger partial charge in [0.2, 0.25) is 5.91 Å². The predicted octanol–water partition coefficient (Wildman–Crippen LogP) is 1.61. The first-order chi connectivity index (χ1) is 9.59. The van der Waals surface area contributed by atoms with E-state index in [1.165, 1.54) is 12.8 Å². The lowest BCUT2D eigenvalue weighted by Crippen LogP contribution is -2.45. The van der Waals surface area contributed by atoms with Crippen molar-refractivity contribution in [2.45, 2.75) is 52.1 Å². The second-order valence-electron chi connectivity index (χ2n) is 5.72. The molecule has 1 atom stereocenters. The van der Waals surface area contributed by atoms with Crippen molar-refractivity contribution in [2.75, 3.05) is 13.1 Å².